The Morgan fingerprint density at radius 1 is 1.12 bits per heavy atom. The third-order valence-corrected chi connectivity index (χ3v) is 7.86. The van der Waals surface area contributed by atoms with Gasteiger partial charge in [-0.2, -0.15) is 4.31 Å². The van der Waals surface area contributed by atoms with Gasteiger partial charge in [0.1, 0.15) is 4.90 Å². The molecule has 1 saturated carbocycles. The Labute approximate surface area is 161 Å². The van der Waals surface area contributed by atoms with Gasteiger partial charge in [-0.25, -0.2) is 8.42 Å². The van der Waals surface area contributed by atoms with Crippen LogP contribution in [0.15, 0.2) is 23.1 Å². The minimum Gasteiger partial charge on any atom is -0.353 e. The highest BCUT2D eigenvalue weighted by molar-refractivity contribution is 7.89. The predicted molar refractivity (Wildman–Crippen MR) is 103 cm³/mol. The number of carbonyl (C=O) groups excluding carboxylic acids is 1. The summed E-state index contributed by atoms with van der Waals surface area (Å²) in [7, 11) is -3.59. The van der Waals surface area contributed by atoms with Crippen molar-refractivity contribution >= 4 is 27.5 Å². The molecule has 1 amide bonds. The SMILES string of the molecule is Cc1ccc(S(=O)(=O)N2CCC(NC(=O)C3CCCCC3)CC2)c(Cl)c1. The molecule has 0 radical (unpaired) electrons. The lowest BCUT2D eigenvalue weighted by Crippen LogP contribution is -2.48. The van der Waals surface area contributed by atoms with Crippen LogP contribution in [0.3, 0.4) is 0 Å². The molecule has 0 bridgehead atoms. The van der Waals surface area contributed by atoms with Gasteiger partial charge in [0.15, 0.2) is 0 Å². The molecule has 0 spiro atoms. The van der Waals surface area contributed by atoms with Crippen molar-refractivity contribution in [3.8, 4) is 0 Å². The first-order chi connectivity index (χ1) is 12.4. The van der Waals surface area contributed by atoms with Crippen LogP contribution in [0, 0.1) is 12.8 Å². The van der Waals surface area contributed by atoms with E-state index in [2.05, 4.69) is 5.32 Å². The molecule has 1 heterocycles. The van der Waals surface area contributed by atoms with Crippen LogP contribution in [0.5, 0.6) is 0 Å². The number of amides is 1. The topological polar surface area (TPSA) is 66.5 Å². The maximum Gasteiger partial charge on any atom is 0.244 e. The molecule has 0 aromatic heterocycles. The Morgan fingerprint density at radius 2 is 1.77 bits per heavy atom. The monoisotopic (exact) mass is 398 g/mol. The summed E-state index contributed by atoms with van der Waals surface area (Å²) < 4.78 is 27.2. The molecule has 3 rings (SSSR count). The lowest BCUT2D eigenvalue weighted by Gasteiger charge is -2.33. The molecule has 5 nitrogen and oxygen atoms in total. The molecule has 2 aliphatic rings. The van der Waals surface area contributed by atoms with Crippen molar-refractivity contribution in [1.29, 1.82) is 0 Å². The average Bonchev–Trinajstić information content (AvgIpc) is 2.62. The zero-order valence-electron chi connectivity index (χ0n) is 15.2. The summed E-state index contributed by atoms with van der Waals surface area (Å²) in [6, 6.07) is 5.06. The first-order valence-corrected chi connectivity index (χ1v) is 11.3. The molecule has 1 aromatic rings. The molecule has 0 unspecified atom stereocenters. The summed E-state index contributed by atoms with van der Waals surface area (Å²) in [6.45, 7) is 2.69. The standard InChI is InChI=1S/C19H27ClN2O3S/c1-14-7-8-18(17(20)13-14)26(24,25)22-11-9-16(10-12-22)21-19(23)15-5-3-2-4-6-15/h7-8,13,15-16H,2-6,9-12H2,1H3,(H,21,23). The minimum absolute atomic E-state index is 0.0596. The summed E-state index contributed by atoms with van der Waals surface area (Å²) >= 11 is 6.15. The van der Waals surface area contributed by atoms with Gasteiger partial charge >= 0.3 is 0 Å². The molecule has 26 heavy (non-hydrogen) atoms. The van der Waals surface area contributed by atoms with Crippen LogP contribution < -0.4 is 5.32 Å². The summed E-state index contributed by atoms with van der Waals surface area (Å²) in [5, 5.41) is 3.39. The zero-order valence-corrected chi connectivity index (χ0v) is 16.8. The zero-order chi connectivity index (χ0) is 18.7. The van der Waals surface area contributed by atoms with Gasteiger partial charge in [0.05, 0.1) is 5.02 Å². The molecule has 1 aliphatic heterocycles. The number of benzene rings is 1. The van der Waals surface area contributed by atoms with E-state index in [0.29, 0.717) is 25.9 Å². The van der Waals surface area contributed by atoms with Crippen molar-refractivity contribution in [2.45, 2.75) is 62.8 Å². The highest BCUT2D eigenvalue weighted by Crippen LogP contribution is 2.28. The number of rotatable bonds is 4. The Balaban J connectivity index is 1.58. The smallest absolute Gasteiger partial charge is 0.244 e. The molecule has 1 N–H and O–H groups in total. The Kier molecular flexibility index (Phi) is 6.25. The van der Waals surface area contributed by atoms with Gasteiger partial charge < -0.3 is 5.32 Å². The molecule has 1 saturated heterocycles. The fraction of sp³-hybridized carbons (Fsp3) is 0.632. The maximum absolute atomic E-state index is 12.8. The number of carbonyl (C=O) groups is 1. The van der Waals surface area contributed by atoms with E-state index >= 15 is 0 Å². The fourth-order valence-electron chi connectivity index (χ4n) is 3.88. The first-order valence-electron chi connectivity index (χ1n) is 9.44. The number of sulfonamides is 1. The lowest BCUT2D eigenvalue weighted by molar-refractivity contribution is -0.126. The van der Waals surface area contributed by atoms with E-state index in [1.165, 1.54) is 10.7 Å². The minimum atomic E-state index is -3.59. The van der Waals surface area contributed by atoms with E-state index in [4.69, 9.17) is 11.6 Å². The molecular formula is C19H27ClN2O3S. The second kappa shape index (κ2) is 8.28. The molecule has 7 heteroatoms. The van der Waals surface area contributed by atoms with E-state index in [1.54, 1.807) is 18.2 Å². The van der Waals surface area contributed by atoms with Gasteiger partial charge in [-0.15, -0.1) is 0 Å². The van der Waals surface area contributed by atoms with Gasteiger partial charge in [0.25, 0.3) is 0 Å². The van der Waals surface area contributed by atoms with Crippen molar-refractivity contribution < 1.29 is 13.2 Å². The van der Waals surface area contributed by atoms with Gasteiger partial charge in [0.2, 0.25) is 15.9 Å². The largest absolute Gasteiger partial charge is 0.353 e. The molecule has 1 aromatic carbocycles. The van der Waals surface area contributed by atoms with Crippen molar-refractivity contribution in [2.24, 2.45) is 5.92 Å². The van der Waals surface area contributed by atoms with E-state index in [0.717, 1.165) is 31.2 Å². The fourth-order valence-corrected chi connectivity index (χ4v) is 5.92. The van der Waals surface area contributed by atoms with Crippen LogP contribution in [-0.2, 0) is 14.8 Å². The van der Waals surface area contributed by atoms with E-state index in [1.807, 2.05) is 6.92 Å². The van der Waals surface area contributed by atoms with Gasteiger partial charge in [-0.3, -0.25) is 4.79 Å². The van der Waals surface area contributed by atoms with Crippen molar-refractivity contribution in [2.75, 3.05) is 13.1 Å². The Morgan fingerprint density at radius 3 is 2.38 bits per heavy atom. The molecule has 144 valence electrons. The van der Waals surface area contributed by atoms with Crippen LogP contribution in [0.25, 0.3) is 0 Å². The lowest BCUT2D eigenvalue weighted by atomic mass is 9.88. The molecule has 2 fully saturated rings. The number of hydrogen-bond acceptors (Lipinski definition) is 3. The number of hydrogen-bond donors (Lipinski definition) is 1. The van der Waals surface area contributed by atoms with Crippen LogP contribution in [0.2, 0.25) is 5.02 Å². The van der Waals surface area contributed by atoms with E-state index < -0.39 is 10.0 Å². The number of aryl methyl sites for hydroxylation is 1. The van der Waals surface area contributed by atoms with Crippen molar-refractivity contribution in [1.82, 2.24) is 9.62 Å². The third kappa shape index (κ3) is 4.41. The maximum atomic E-state index is 12.8. The average molecular weight is 399 g/mol. The first kappa shape index (κ1) is 19.6. The van der Waals surface area contributed by atoms with Gasteiger partial charge in [-0.1, -0.05) is 36.9 Å². The van der Waals surface area contributed by atoms with Gasteiger partial charge in [0, 0.05) is 25.0 Å². The highest BCUT2D eigenvalue weighted by Gasteiger charge is 2.32. The Hall–Kier alpha value is -1.11. The van der Waals surface area contributed by atoms with Crippen LogP contribution in [0.1, 0.15) is 50.5 Å². The number of halogens is 1. The quantitative estimate of drug-likeness (QED) is 0.844. The van der Waals surface area contributed by atoms with Crippen molar-refractivity contribution in [3.05, 3.63) is 28.8 Å². The molecular weight excluding hydrogens is 372 g/mol. The molecule has 1 aliphatic carbocycles. The van der Waals surface area contributed by atoms with Crippen LogP contribution in [0.4, 0.5) is 0 Å². The summed E-state index contributed by atoms with van der Waals surface area (Å²) in [4.78, 5) is 12.5. The summed E-state index contributed by atoms with van der Waals surface area (Å²) in [5.74, 6) is 0.282. The van der Waals surface area contributed by atoms with E-state index in [-0.39, 0.29) is 27.8 Å². The second-order valence-electron chi connectivity index (χ2n) is 7.46. The Bertz CT molecular complexity index is 752. The second-order valence-corrected chi connectivity index (χ2v) is 9.77. The van der Waals surface area contributed by atoms with Crippen LogP contribution >= 0.6 is 11.6 Å². The van der Waals surface area contributed by atoms with E-state index in [9.17, 15) is 13.2 Å². The highest BCUT2D eigenvalue weighted by atomic mass is 35.5. The predicted octanol–water partition coefficient (Wildman–Crippen LogP) is 3.50. The number of nitrogens with one attached hydrogen (secondary N) is 1. The molecule has 0 atom stereocenters. The van der Waals surface area contributed by atoms with Gasteiger partial charge in [-0.05, 0) is 50.3 Å². The normalized spacial score (nSPS) is 20.8. The summed E-state index contributed by atoms with van der Waals surface area (Å²) in [5.41, 5.74) is 0.929. The van der Waals surface area contributed by atoms with Crippen molar-refractivity contribution in [3.63, 3.8) is 0 Å². The summed E-state index contributed by atoms with van der Waals surface area (Å²) in [6.07, 6.45) is 6.72. The number of piperidine rings is 1. The number of nitrogens with zero attached hydrogens (tertiary/aromatic N) is 1. The third-order valence-electron chi connectivity index (χ3n) is 5.48. The van der Waals surface area contributed by atoms with Crippen LogP contribution in [-0.4, -0.2) is 37.8 Å².